The van der Waals surface area contributed by atoms with Crippen molar-refractivity contribution >= 4 is 17.1 Å². The Kier molecular flexibility index (Phi) is 7.72. The van der Waals surface area contributed by atoms with Gasteiger partial charge in [0.25, 0.3) is 5.56 Å². The van der Waals surface area contributed by atoms with Crippen LogP contribution in [0, 0.1) is 10.1 Å². The SMILES string of the molecule is COc1cc(N2CCC(N3CCN(c4ccc(-n5ccc(=O)[nH]c5=O)cc4)CC3)CC2)c(-c2cnn(C)c2)cc1[N+](=O)[O-]. The first-order valence-corrected chi connectivity index (χ1v) is 14.3. The average Bonchev–Trinajstić information content (AvgIpc) is 3.46. The summed E-state index contributed by atoms with van der Waals surface area (Å²) in [4.78, 5) is 44.3. The summed E-state index contributed by atoms with van der Waals surface area (Å²) < 4.78 is 8.52. The van der Waals surface area contributed by atoms with E-state index in [9.17, 15) is 19.7 Å². The van der Waals surface area contributed by atoms with Crippen LogP contribution in [0.2, 0.25) is 0 Å². The van der Waals surface area contributed by atoms with Gasteiger partial charge in [0.1, 0.15) is 0 Å². The van der Waals surface area contributed by atoms with Gasteiger partial charge in [0.05, 0.1) is 23.9 Å². The van der Waals surface area contributed by atoms with Crippen molar-refractivity contribution in [3.05, 3.63) is 92.0 Å². The summed E-state index contributed by atoms with van der Waals surface area (Å²) in [6.45, 7) is 5.40. The summed E-state index contributed by atoms with van der Waals surface area (Å²) in [5.41, 5.74) is 3.41. The molecule has 224 valence electrons. The number of nitrogens with one attached hydrogen (secondary N) is 1. The Morgan fingerprint density at radius 1 is 0.953 bits per heavy atom. The molecule has 2 aliphatic heterocycles. The lowest BCUT2D eigenvalue weighted by atomic mass is 9.98. The van der Waals surface area contributed by atoms with Gasteiger partial charge in [-0.05, 0) is 37.1 Å². The van der Waals surface area contributed by atoms with E-state index < -0.39 is 16.2 Å². The van der Waals surface area contributed by atoms with Gasteiger partial charge >= 0.3 is 11.4 Å². The molecule has 0 bridgehead atoms. The molecular formula is C30H34N8O5. The summed E-state index contributed by atoms with van der Waals surface area (Å²) in [7, 11) is 3.29. The highest BCUT2D eigenvalue weighted by molar-refractivity contribution is 5.82. The van der Waals surface area contributed by atoms with Crippen molar-refractivity contribution < 1.29 is 9.66 Å². The van der Waals surface area contributed by atoms with Crippen molar-refractivity contribution in [2.75, 3.05) is 56.2 Å². The molecule has 2 fully saturated rings. The molecule has 0 radical (unpaired) electrons. The Bertz CT molecular complexity index is 1730. The maximum atomic E-state index is 12.1. The van der Waals surface area contributed by atoms with Crippen molar-refractivity contribution in [2.45, 2.75) is 18.9 Å². The summed E-state index contributed by atoms with van der Waals surface area (Å²) in [5, 5.41) is 16.0. The third kappa shape index (κ3) is 5.75. The predicted molar refractivity (Wildman–Crippen MR) is 164 cm³/mol. The number of nitrogens with zero attached hydrogens (tertiary/aromatic N) is 7. The van der Waals surface area contributed by atoms with E-state index in [1.165, 1.54) is 23.9 Å². The molecule has 2 aromatic heterocycles. The third-order valence-electron chi connectivity index (χ3n) is 8.46. The molecule has 0 spiro atoms. The number of nitro groups is 1. The van der Waals surface area contributed by atoms with E-state index >= 15 is 0 Å². The number of anilines is 2. The van der Waals surface area contributed by atoms with E-state index in [4.69, 9.17) is 4.74 Å². The van der Waals surface area contributed by atoms with Crippen LogP contribution in [-0.4, -0.2) is 81.6 Å². The Balaban J connectivity index is 1.10. The zero-order chi connectivity index (χ0) is 30.1. The van der Waals surface area contributed by atoms with E-state index in [0.29, 0.717) is 11.7 Å². The minimum atomic E-state index is -0.457. The molecule has 6 rings (SSSR count). The number of benzene rings is 2. The number of rotatable bonds is 7. The predicted octanol–water partition coefficient (Wildman–Crippen LogP) is 2.63. The molecular weight excluding hydrogens is 552 g/mol. The molecule has 0 aliphatic carbocycles. The Morgan fingerprint density at radius 2 is 1.65 bits per heavy atom. The lowest BCUT2D eigenvalue weighted by Gasteiger charge is -2.44. The van der Waals surface area contributed by atoms with E-state index in [2.05, 4.69) is 24.8 Å². The van der Waals surface area contributed by atoms with E-state index in [0.717, 1.165) is 74.6 Å². The normalized spacial score (nSPS) is 16.4. The Hall–Kier alpha value is -4.91. The topological polar surface area (TPSA) is 135 Å². The molecule has 2 saturated heterocycles. The smallest absolute Gasteiger partial charge is 0.332 e. The van der Waals surface area contributed by atoms with Crippen LogP contribution in [-0.2, 0) is 7.05 Å². The molecule has 4 aromatic rings. The van der Waals surface area contributed by atoms with Crippen LogP contribution in [0.1, 0.15) is 12.8 Å². The average molecular weight is 587 g/mol. The zero-order valence-electron chi connectivity index (χ0n) is 24.2. The maximum absolute atomic E-state index is 12.1. The van der Waals surface area contributed by atoms with Crippen LogP contribution in [0.3, 0.4) is 0 Å². The molecule has 0 amide bonds. The lowest BCUT2D eigenvalue weighted by Crippen LogP contribution is -2.53. The van der Waals surface area contributed by atoms with Crippen molar-refractivity contribution in [2.24, 2.45) is 7.05 Å². The fourth-order valence-electron chi connectivity index (χ4n) is 6.18. The van der Waals surface area contributed by atoms with Crippen LogP contribution >= 0.6 is 0 Å². The van der Waals surface area contributed by atoms with Crippen LogP contribution in [0.5, 0.6) is 5.75 Å². The monoisotopic (exact) mass is 586 g/mol. The Morgan fingerprint density at radius 3 is 2.26 bits per heavy atom. The van der Waals surface area contributed by atoms with Crippen molar-refractivity contribution in [3.63, 3.8) is 0 Å². The fourth-order valence-corrected chi connectivity index (χ4v) is 6.18. The molecule has 2 aliphatic rings. The second-order valence-electron chi connectivity index (χ2n) is 10.9. The fraction of sp³-hybridized carbons (Fsp3) is 0.367. The summed E-state index contributed by atoms with van der Waals surface area (Å²) in [6.07, 6.45) is 7.08. The number of aryl methyl sites for hydroxylation is 1. The maximum Gasteiger partial charge on any atom is 0.332 e. The number of piperazine rings is 1. The Labute approximate surface area is 247 Å². The summed E-state index contributed by atoms with van der Waals surface area (Å²) in [5.74, 6) is 0.254. The molecule has 13 heteroatoms. The highest BCUT2D eigenvalue weighted by Gasteiger charge is 2.30. The number of piperidine rings is 1. The highest BCUT2D eigenvalue weighted by atomic mass is 16.6. The molecule has 0 unspecified atom stereocenters. The van der Waals surface area contributed by atoms with Crippen molar-refractivity contribution in [1.29, 1.82) is 0 Å². The van der Waals surface area contributed by atoms with Gasteiger partial charge in [0.2, 0.25) is 0 Å². The van der Waals surface area contributed by atoms with Crippen molar-refractivity contribution in [3.8, 4) is 22.6 Å². The van der Waals surface area contributed by atoms with Gasteiger partial charge in [-0.15, -0.1) is 0 Å². The number of aromatic amines is 1. The molecule has 0 saturated carbocycles. The number of aromatic nitrogens is 4. The van der Waals surface area contributed by atoms with Crippen LogP contribution < -0.4 is 25.8 Å². The summed E-state index contributed by atoms with van der Waals surface area (Å²) in [6, 6.07) is 13.0. The van der Waals surface area contributed by atoms with Gasteiger partial charge in [-0.3, -0.25) is 34.0 Å². The second kappa shape index (κ2) is 11.8. The standard InChI is InChI=1S/C30H34N8O5/c1-33-20-21(19-31-33)25-17-27(38(41)42)28(43-2)18-26(25)36-10-7-23(8-11-36)35-15-13-34(14-16-35)22-3-5-24(6-4-22)37-12-9-29(39)32-30(37)40/h3-6,9,12,17-20,23H,7-8,10-11,13-16H2,1-2H3,(H,32,39,40). The molecule has 43 heavy (non-hydrogen) atoms. The van der Waals surface area contributed by atoms with Gasteiger partial charge in [0.15, 0.2) is 5.75 Å². The van der Waals surface area contributed by atoms with Crippen molar-refractivity contribution in [1.82, 2.24) is 24.2 Å². The number of nitro benzene ring substituents is 1. The van der Waals surface area contributed by atoms with E-state index in [1.807, 2.05) is 37.5 Å². The number of hydrogen-bond acceptors (Lipinski definition) is 9. The van der Waals surface area contributed by atoms with Gasteiger partial charge in [-0.2, -0.15) is 5.10 Å². The molecule has 1 N–H and O–H groups in total. The van der Waals surface area contributed by atoms with Crippen LogP contribution in [0.4, 0.5) is 17.1 Å². The zero-order valence-corrected chi connectivity index (χ0v) is 24.2. The first kappa shape index (κ1) is 28.2. The first-order chi connectivity index (χ1) is 20.8. The quantitative estimate of drug-likeness (QED) is 0.256. The number of hydrogen-bond donors (Lipinski definition) is 1. The van der Waals surface area contributed by atoms with Crippen LogP contribution in [0.25, 0.3) is 16.8 Å². The minimum absolute atomic E-state index is 0.0576. The largest absolute Gasteiger partial charge is 0.490 e. The lowest BCUT2D eigenvalue weighted by molar-refractivity contribution is -0.385. The number of ether oxygens (including phenoxy) is 1. The van der Waals surface area contributed by atoms with Gasteiger partial charge in [-0.1, -0.05) is 0 Å². The van der Waals surface area contributed by atoms with Gasteiger partial charge < -0.3 is 14.5 Å². The van der Waals surface area contributed by atoms with E-state index in [-0.39, 0.29) is 11.4 Å². The first-order valence-electron chi connectivity index (χ1n) is 14.3. The number of methoxy groups -OCH3 is 1. The van der Waals surface area contributed by atoms with Crippen LogP contribution in [0.15, 0.2) is 70.6 Å². The third-order valence-corrected chi connectivity index (χ3v) is 8.46. The highest BCUT2D eigenvalue weighted by Crippen LogP contribution is 2.41. The van der Waals surface area contributed by atoms with Gasteiger partial charge in [-0.25, -0.2) is 4.79 Å². The minimum Gasteiger partial charge on any atom is -0.490 e. The molecule has 4 heterocycles. The summed E-state index contributed by atoms with van der Waals surface area (Å²) >= 11 is 0. The number of H-pyrrole nitrogens is 1. The second-order valence-corrected chi connectivity index (χ2v) is 10.9. The van der Waals surface area contributed by atoms with E-state index in [1.54, 1.807) is 23.0 Å². The molecule has 2 aromatic carbocycles. The van der Waals surface area contributed by atoms with Gasteiger partial charge in [0, 0.05) is 105 Å². The molecule has 13 nitrogen and oxygen atoms in total. The molecule has 0 atom stereocenters.